The normalized spacial score (nSPS) is 13.1. The monoisotopic (exact) mass is 289 g/mol. The van der Waals surface area contributed by atoms with Crippen LogP contribution in [0, 0.1) is 11.7 Å². The fourth-order valence-electron chi connectivity index (χ4n) is 1.43. The van der Waals surface area contributed by atoms with Crippen molar-refractivity contribution in [3.05, 3.63) is 34.1 Å². The Kier molecular flexibility index (Phi) is 5.38. The highest BCUT2D eigenvalue weighted by Gasteiger charge is 2.14. The molecule has 16 heavy (non-hydrogen) atoms. The van der Waals surface area contributed by atoms with Gasteiger partial charge in [-0.3, -0.25) is 0 Å². The van der Waals surface area contributed by atoms with Gasteiger partial charge in [0, 0.05) is 4.47 Å². The molecule has 2 nitrogen and oxygen atoms in total. The summed E-state index contributed by atoms with van der Waals surface area (Å²) in [4.78, 5) is 0. The van der Waals surface area contributed by atoms with Gasteiger partial charge < -0.3 is 10.4 Å². The number of hydrogen-bond donors (Lipinski definition) is 2. The molecule has 0 aliphatic heterocycles. The third-order valence-corrected chi connectivity index (χ3v) is 3.01. The molecular formula is C12H17BrFNO. The molecule has 0 aliphatic carbocycles. The molecule has 1 unspecified atom stereocenters. The highest BCUT2D eigenvalue weighted by atomic mass is 79.9. The van der Waals surface area contributed by atoms with Gasteiger partial charge in [0.1, 0.15) is 5.82 Å². The second-order valence-electron chi connectivity index (χ2n) is 4.20. The maximum Gasteiger partial charge on any atom is 0.123 e. The molecule has 0 saturated carbocycles. The second kappa shape index (κ2) is 6.33. The van der Waals surface area contributed by atoms with Gasteiger partial charge in [0.15, 0.2) is 0 Å². The average Bonchev–Trinajstić information content (AvgIpc) is 2.23. The lowest BCUT2D eigenvalue weighted by molar-refractivity contribution is 0.240. The first-order chi connectivity index (χ1) is 7.54. The van der Waals surface area contributed by atoms with Gasteiger partial charge in [-0.2, -0.15) is 0 Å². The summed E-state index contributed by atoms with van der Waals surface area (Å²) in [7, 11) is 0. The number of hydrogen-bond acceptors (Lipinski definition) is 2. The Balaban J connectivity index is 2.81. The first-order valence-corrected chi connectivity index (χ1v) is 6.13. The summed E-state index contributed by atoms with van der Waals surface area (Å²) in [5, 5.41) is 12.5. The van der Waals surface area contributed by atoms with E-state index in [4.69, 9.17) is 0 Å². The van der Waals surface area contributed by atoms with Crippen LogP contribution < -0.4 is 5.32 Å². The van der Waals surface area contributed by atoms with Gasteiger partial charge in [0.25, 0.3) is 0 Å². The zero-order valence-electron chi connectivity index (χ0n) is 9.50. The first-order valence-electron chi connectivity index (χ1n) is 5.33. The van der Waals surface area contributed by atoms with Crippen molar-refractivity contribution in [3.8, 4) is 0 Å². The molecule has 4 heteroatoms. The van der Waals surface area contributed by atoms with E-state index >= 15 is 0 Å². The van der Waals surface area contributed by atoms with Crippen molar-refractivity contribution in [1.29, 1.82) is 0 Å². The number of halogens is 2. The summed E-state index contributed by atoms with van der Waals surface area (Å²) < 4.78 is 13.9. The summed E-state index contributed by atoms with van der Waals surface area (Å²) in [5.41, 5.74) is 0.753. The molecule has 1 rings (SSSR count). The van der Waals surface area contributed by atoms with Crippen molar-refractivity contribution in [2.24, 2.45) is 5.92 Å². The van der Waals surface area contributed by atoms with Crippen LogP contribution in [0.4, 0.5) is 4.39 Å². The predicted octanol–water partition coefficient (Wildman–Crippen LogP) is 2.87. The van der Waals surface area contributed by atoms with Crippen LogP contribution in [0.1, 0.15) is 25.5 Å². The summed E-state index contributed by atoms with van der Waals surface area (Å²) in [5.74, 6) is 0.199. The van der Waals surface area contributed by atoms with Crippen LogP contribution in [-0.4, -0.2) is 18.3 Å². The van der Waals surface area contributed by atoms with Gasteiger partial charge in [0.05, 0.1) is 12.6 Å². The molecule has 0 amide bonds. The molecule has 0 saturated heterocycles. The van der Waals surface area contributed by atoms with Crippen LogP contribution in [0.3, 0.4) is 0 Å². The molecular weight excluding hydrogens is 273 g/mol. The smallest absolute Gasteiger partial charge is 0.123 e. The molecule has 1 atom stereocenters. The first kappa shape index (κ1) is 13.6. The molecule has 0 heterocycles. The Morgan fingerprint density at radius 1 is 1.44 bits per heavy atom. The van der Waals surface area contributed by atoms with Gasteiger partial charge in [-0.25, -0.2) is 4.39 Å². The minimum absolute atomic E-state index is 0.0469. The van der Waals surface area contributed by atoms with Crippen LogP contribution >= 0.6 is 15.9 Å². The number of rotatable bonds is 5. The summed E-state index contributed by atoms with van der Waals surface area (Å²) >= 11 is 3.36. The lowest BCUT2D eigenvalue weighted by Gasteiger charge is -2.19. The van der Waals surface area contributed by atoms with Gasteiger partial charge in [0.2, 0.25) is 0 Å². The Morgan fingerprint density at radius 3 is 2.69 bits per heavy atom. The highest BCUT2D eigenvalue weighted by Crippen LogP contribution is 2.24. The lowest BCUT2D eigenvalue weighted by atomic mass is 10.1. The zero-order chi connectivity index (χ0) is 12.1. The fraction of sp³-hybridized carbons (Fsp3) is 0.500. The topological polar surface area (TPSA) is 32.3 Å². The molecule has 1 aromatic rings. The van der Waals surface area contributed by atoms with Crippen molar-refractivity contribution in [1.82, 2.24) is 5.32 Å². The molecule has 2 N–H and O–H groups in total. The SMILES string of the molecule is CC(C)CNC(CO)c1cc(F)ccc1Br. The highest BCUT2D eigenvalue weighted by molar-refractivity contribution is 9.10. The Morgan fingerprint density at radius 2 is 2.12 bits per heavy atom. The van der Waals surface area contributed by atoms with Crippen molar-refractivity contribution < 1.29 is 9.50 Å². The van der Waals surface area contributed by atoms with Crippen molar-refractivity contribution >= 4 is 15.9 Å². The minimum atomic E-state index is -0.289. The number of aliphatic hydroxyl groups excluding tert-OH is 1. The molecule has 90 valence electrons. The largest absolute Gasteiger partial charge is 0.394 e. The predicted molar refractivity (Wildman–Crippen MR) is 66.8 cm³/mol. The van der Waals surface area contributed by atoms with E-state index in [1.165, 1.54) is 12.1 Å². The second-order valence-corrected chi connectivity index (χ2v) is 5.06. The summed E-state index contributed by atoms with van der Waals surface area (Å²) in [6.45, 7) is 4.91. The van der Waals surface area contributed by atoms with E-state index in [1.54, 1.807) is 6.07 Å². The number of benzene rings is 1. The van der Waals surface area contributed by atoms with Crippen molar-refractivity contribution in [2.45, 2.75) is 19.9 Å². The molecule has 0 radical (unpaired) electrons. The van der Waals surface area contributed by atoms with Gasteiger partial charge >= 0.3 is 0 Å². The van der Waals surface area contributed by atoms with E-state index in [-0.39, 0.29) is 18.5 Å². The van der Waals surface area contributed by atoms with Gasteiger partial charge in [-0.15, -0.1) is 0 Å². The third-order valence-electron chi connectivity index (χ3n) is 2.29. The molecule has 0 bridgehead atoms. The van der Waals surface area contributed by atoms with E-state index < -0.39 is 0 Å². The average molecular weight is 290 g/mol. The van der Waals surface area contributed by atoms with Crippen molar-refractivity contribution in [2.75, 3.05) is 13.2 Å². The van der Waals surface area contributed by atoms with Crippen LogP contribution in [0.15, 0.2) is 22.7 Å². The number of nitrogens with one attached hydrogen (secondary N) is 1. The molecule has 1 aromatic carbocycles. The van der Waals surface area contributed by atoms with Gasteiger partial charge in [-0.1, -0.05) is 29.8 Å². The van der Waals surface area contributed by atoms with Gasteiger partial charge in [-0.05, 0) is 36.2 Å². The molecule has 0 aliphatic rings. The maximum absolute atomic E-state index is 13.1. The van der Waals surface area contributed by atoms with Crippen LogP contribution in [0.2, 0.25) is 0 Å². The van der Waals surface area contributed by atoms with Crippen LogP contribution in [-0.2, 0) is 0 Å². The Bertz CT molecular complexity index is 344. The summed E-state index contributed by atoms with van der Waals surface area (Å²) in [6, 6.07) is 4.26. The van der Waals surface area contributed by atoms with E-state index in [0.29, 0.717) is 5.92 Å². The third kappa shape index (κ3) is 3.85. The van der Waals surface area contributed by atoms with Crippen LogP contribution in [0.25, 0.3) is 0 Å². The van der Waals surface area contributed by atoms with Crippen molar-refractivity contribution in [3.63, 3.8) is 0 Å². The zero-order valence-corrected chi connectivity index (χ0v) is 11.1. The van der Waals surface area contributed by atoms with Crippen LogP contribution in [0.5, 0.6) is 0 Å². The Labute approximate surface area is 104 Å². The number of aliphatic hydroxyl groups is 1. The van der Waals surface area contributed by atoms with E-state index in [2.05, 4.69) is 35.1 Å². The Hall–Kier alpha value is -0.450. The minimum Gasteiger partial charge on any atom is -0.394 e. The van der Waals surface area contributed by atoms with E-state index in [0.717, 1.165) is 16.6 Å². The quantitative estimate of drug-likeness (QED) is 0.874. The fourth-order valence-corrected chi connectivity index (χ4v) is 1.96. The molecule has 0 fully saturated rings. The molecule has 0 spiro atoms. The standard InChI is InChI=1S/C12H17BrFNO/c1-8(2)6-15-12(7-16)10-5-9(14)3-4-11(10)13/h3-5,8,12,15-16H,6-7H2,1-2H3. The summed E-state index contributed by atoms with van der Waals surface area (Å²) in [6.07, 6.45) is 0. The maximum atomic E-state index is 13.1. The lowest BCUT2D eigenvalue weighted by Crippen LogP contribution is -2.28. The molecule has 0 aromatic heterocycles. The van der Waals surface area contributed by atoms with E-state index in [1.807, 2.05) is 0 Å². The van der Waals surface area contributed by atoms with E-state index in [9.17, 15) is 9.50 Å².